The number of hydrogen-bond donors (Lipinski definition) is 0. The van der Waals surface area contributed by atoms with Gasteiger partial charge in [0, 0.05) is 44.2 Å². The molecule has 0 aliphatic heterocycles. The summed E-state index contributed by atoms with van der Waals surface area (Å²) in [6.45, 7) is 6.93. The zero-order valence-electron chi connectivity index (χ0n) is 55.4. The first-order valence-electron chi connectivity index (χ1n) is 35.1. The standard InChI is InChI=1S/C97H63NO2/c1-94(2,3)59-43-45-62(46-44-59)98(64-48-50-70-82(54-64)95(60-27-9-5-10-28-60,61-29-11-6-12-30-61)85-55-73(58-25-7-4-8-26-58)93-92(89(70)85)72-36-18-24-42-87(72)100-93)63-47-49-69-74-56-84-75(57-83(74)97(81(69)53-63)78-39-21-15-33-67(78)68-34-16-22-40-79(68)97)90-80(51-52-88-91(90)71-35-17-23-41-86(71)99-88)96(84)76-37-19-13-31-65(76)66-32-14-20-38-77(66)96/h4-57H,1-3H3. The lowest BCUT2D eigenvalue weighted by atomic mass is 9.67. The van der Waals surface area contributed by atoms with Crippen molar-refractivity contribution in [1.29, 1.82) is 0 Å². The normalized spacial score (nSPS) is 14.6. The van der Waals surface area contributed by atoms with E-state index in [1.807, 2.05) is 0 Å². The number of rotatable bonds is 6. The summed E-state index contributed by atoms with van der Waals surface area (Å²) in [6, 6.07) is 124. The third-order valence-corrected chi connectivity index (χ3v) is 23.5. The Kier molecular flexibility index (Phi) is 11.1. The molecular weight excluding hydrogens is 1210 g/mol. The molecular formula is C97H63NO2. The second-order valence-electron chi connectivity index (χ2n) is 29.2. The number of fused-ring (bicyclic) bond motifs is 31. The number of benzene rings is 15. The van der Waals surface area contributed by atoms with E-state index >= 15 is 0 Å². The first kappa shape index (κ1) is 55.8. The number of nitrogens with zero attached hydrogens (tertiary/aromatic N) is 1. The molecule has 17 aromatic rings. The molecule has 2 aromatic heterocycles. The minimum Gasteiger partial charge on any atom is -0.456 e. The van der Waals surface area contributed by atoms with Crippen molar-refractivity contribution in [3.8, 4) is 66.8 Å². The molecule has 468 valence electrons. The Hall–Kier alpha value is -12.3. The molecule has 0 saturated carbocycles. The molecule has 3 nitrogen and oxygen atoms in total. The first-order valence-corrected chi connectivity index (χ1v) is 35.1. The maximum absolute atomic E-state index is 7.12. The fourth-order valence-electron chi connectivity index (χ4n) is 19.6. The molecule has 0 amide bonds. The third kappa shape index (κ3) is 6.98. The van der Waals surface area contributed by atoms with Crippen LogP contribution in [0.1, 0.15) is 93.1 Å². The van der Waals surface area contributed by atoms with E-state index in [1.54, 1.807) is 0 Å². The Morgan fingerprint density at radius 2 is 0.680 bits per heavy atom. The van der Waals surface area contributed by atoms with Crippen LogP contribution in [0.2, 0.25) is 0 Å². The number of furan rings is 2. The molecule has 0 saturated heterocycles. The van der Waals surface area contributed by atoms with Gasteiger partial charge in [0.1, 0.15) is 22.3 Å². The summed E-state index contributed by atoms with van der Waals surface area (Å²) in [6.07, 6.45) is 0. The Morgan fingerprint density at radius 1 is 0.260 bits per heavy atom. The summed E-state index contributed by atoms with van der Waals surface area (Å²) >= 11 is 0. The minimum atomic E-state index is -0.771. The summed E-state index contributed by atoms with van der Waals surface area (Å²) in [4.78, 5) is 2.55. The van der Waals surface area contributed by atoms with Crippen LogP contribution in [0.4, 0.5) is 17.1 Å². The van der Waals surface area contributed by atoms with Crippen LogP contribution >= 0.6 is 0 Å². The van der Waals surface area contributed by atoms with Gasteiger partial charge in [-0.2, -0.15) is 0 Å². The molecule has 0 N–H and O–H groups in total. The second-order valence-corrected chi connectivity index (χ2v) is 29.2. The van der Waals surface area contributed by atoms with Gasteiger partial charge in [-0.05, 0) is 212 Å². The van der Waals surface area contributed by atoms with Gasteiger partial charge in [-0.15, -0.1) is 0 Å². The largest absolute Gasteiger partial charge is 0.456 e. The van der Waals surface area contributed by atoms with E-state index in [4.69, 9.17) is 8.83 Å². The van der Waals surface area contributed by atoms with Crippen LogP contribution in [0.15, 0.2) is 336 Å². The number of hydrogen-bond acceptors (Lipinski definition) is 3. The van der Waals surface area contributed by atoms with Crippen LogP contribution in [-0.2, 0) is 21.7 Å². The number of anilines is 3. The van der Waals surface area contributed by atoms with E-state index in [1.165, 1.54) is 133 Å². The van der Waals surface area contributed by atoms with Gasteiger partial charge in [-0.25, -0.2) is 0 Å². The average Bonchev–Trinajstić information content (AvgIpc) is 1.49. The van der Waals surface area contributed by atoms with Crippen LogP contribution in [0.5, 0.6) is 0 Å². The highest BCUT2D eigenvalue weighted by atomic mass is 16.3. The molecule has 0 fully saturated rings. The van der Waals surface area contributed by atoms with E-state index in [0.29, 0.717) is 0 Å². The molecule has 0 bridgehead atoms. The quantitative estimate of drug-likeness (QED) is 0.166. The number of para-hydroxylation sites is 2. The molecule has 0 atom stereocenters. The summed E-state index contributed by atoms with van der Waals surface area (Å²) in [7, 11) is 0. The van der Waals surface area contributed by atoms with Crippen molar-refractivity contribution in [2.75, 3.05) is 4.90 Å². The first-order chi connectivity index (χ1) is 49.2. The summed E-state index contributed by atoms with van der Waals surface area (Å²) < 4.78 is 14.0. The maximum Gasteiger partial charge on any atom is 0.143 e. The van der Waals surface area contributed by atoms with Gasteiger partial charge in [-0.1, -0.05) is 276 Å². The molecule has 2 heterocycles. The molecule has 100 heavy (non-hydrogen) atoms. The Labute approximate surface area is 580 Å². The van der Waals surface area contributed by atoms with Crippen molar-refractivity contribution >= 4 is 60.9 Å². The highest BCUT2D eigenvalue weighted by molar-refractivity contribution is 6.20. The van der Waals surface area contributed by atoms with E-state index in [2.05, 4.69) is 353 Å². The lowest BCUT2D eigenvalue weighted by molar-refractivity contribution is 0.590. The molecule has 22 rings (SSSR count). The van der Waals surface area contributed by atoms with Crippen LogP contribution in [0, 0.1) is 0 Å². The monoisotopic (exact) mass is 1270 g/mol. The smallest absolute Gasteiger partial charge is 0.143 e. The maximum atomic E-state index is 7.12. The zero-order valence-corrected chi connectivity index (χ0v) is 55.4. The molecule has 0 radical (unpaired) electrons. The SMILES string of the molecule is CC(C)(C)c1ccc(N(c2ccc3c(c2)C(c2ccccc2)(c2ccccc2)c2cc(-c4ccccc4)c4oc5ccccc5c4c2-3)c2ccc3c(c2)C2(c4ccccc4-c4ccccc42)c2cc4c(cc2-3)C2(c3ccccc3-c3ccccc32)c2ccc3oc5ccccc5c3c2-4)cc1. The fraction of sp³-hybridized carbons (Fsp3) is 0.0722. The lowest BCUT2D eigenvalue weighted by Gasteiger charge is -2.35. The van der Waals surface area contributed by atoms with Crippen LogP contribution in [-0.4, -0.2) is 0 Å². The average molecular weight is 1270 g/mol. The predicted octanol–water partition coefficient (Wildman–Crippen LogP) is 25.0. The van der Waals surface area contributed by atoms with Gasteiger partial charge in [0.05, 0.1) is 16.2 Å². The van der Waals surface area contributed by atoms with Crippen LogP contribution in [0.3, 0.4) is 0 Å². The molecule has 2 spiro atoms. The predicted molar refractivity (Wildman–Crippen MR) is 410 cm³/mol. The van der Waals surface area contributed by atoms with E-state index in [-0.39, 0.29) is 5.41 Å². The Bertz CT molecular complexity index is 6250. The van der Waals surface area contributed by atoms with Gasteiger partial charge in [0.15, 0.2) is 0 Å². The van der Waals surface area contributed by atoms with E-state index < -0.39 is 16.2 Å². The van der Waals surface area contributed by atoms with Crippen molar-refractivity contribution < 1.29 is 8.83 Å². The third-order valence-electron chi connectivity index (χ3n) is 23.5. The highest BCUT2D eigenvalue weighted by Crippen LogP contribution is 2.70. The zero-order chi connectivity index (χ0) is 66.0. The lowest BCUT2D eigenvalue weighted by Crippen LogP contribution is -2.29. The Balaban J connectivity index is 0.838. The van der Waals surface area contributed by atoms with Gasteiger partial charge < -0.3 is 13.7 Å². The van der Waals surface area contributed by atoms with Crippen molar-refractivity contribution in [2.45, 2.75) is 42.4 Å². The van der Waals surface area contributed by atoms with E-state index in [9.17, 15) is 0 Å². The Morgan fingerprint density at radius 3 is 1.26 bits per heavy atom. The van der Waals surface area contributed by atoms with Gasteiger partial charge >= 0.3 is 0 Å². The molecule has 15 aromatic carbocycles. The summed E-state index contributed by atoms with van der Waals surface area (Å²) in [5.74, 6) is 0. The van der Waals surface area contributed by atoms with E-state index in [0.717, 1.165) is 66.7 Å². The van der Waals surface area contributed by atoms with Crippen LogP contribution < -0.4 is 4.90 Å². The molecule has 0 unspecified atom stereocenters. The molecule has 3 heteroatoms. The molecule has 5 aliphatic rings. The van der Waals surface area contributed by atoms with Crippen molar-refractivity contribution in [3.05, 3.63) is 400 Å². The van der Waals surface area contributed by atoms with Crippen molar-refractivity contribution in [3.63, 3.8) is 0 Å². The van der Waals surface area contributed by atoms with Crippen molar-refractivity contribution in [2.24, 2.45) is 0 Å². The molecule has 5 aliphatic carbocycles. The van der Waals surface area contributed by atoms with Crippen LogP contribution in [0.25, 0.3) is 111 Å². The summed E-state index contributed by atoms with van der Waals surface area (Å²) in [5, 5.41) is 4.54. The second kappa shape index (κ2) is 19.9. The highest BCUT2D eigenvalue weighted by Gasteiger charge is 2.57. The van der Waals surface area contributed by atoms with Gasteiger partial charge in [0.25, 0.3) is 0 Å². The van der Waals surface area contributed by atoms with Gasteiger partial charge in [-0.3, -0.25) is 0 Å². The topological polar surface area (TPSA) is 29.5 Å². The minimum absolute atomic E-state index is 0.0671. The van der Waals surface area contributed by atoms with Crippen molar-refractivity contribution in [1.82, 2.24) is 0 Å². The van der Waals surface area contributed by atoms with Gasteiger partial charge in [0.2, 0.25) is 0 Å². The summed E-state index contributed by atoms with van der Waals surface area (Å²) in [5.41, 5.74) is 35.8. The fourth-order valence-corrected chi connectivity index (χ4v) is 19.6.